The van der Waals surface area contributed by atoms with E-state index in [1.807, 2.05) is 75.4 Å². The van der Waals surface area contributed by atoms with Gasteiger partial charge in [0.15, 0.2) is 6.61 Å². The molecule has 0 aromatic heterocycles. The van der Waals surface area contributed by atoms with E-state index >= 15 is 0 Å². The Labute approximate surface area is 190 Å². The first-order valence-electron chi connectivity index (χ1n) is 10.7. The number of hydrogen-bond acceptors (Lipinski definition) is 3. The molecular weight excluding hydrogens is 400 g/mol. The lowest BCUT2D eigenvalue weighted by atomic mass is 10.0. The van der Waals surface area contributed by atoms with E-state index in [9.17, 15) is 9.59 Å². The standard InChI is InChI=1S/C27H30N2O3/c1-19-14-20(2)27(21(3)15-19)28-25(30)17-29(4)26(31)18-32-24-13-9-8-12-23(24)16-22-10-6-5-7-11-22/h5-15H,16-18H2,1-4H3,(H,28,30). The summed E-state index contributed by atoms with van der Waals surface area (Å²) < 4.78 is 5.82. The predicted octanol–water partition coefficient (Wildman–Crippen LogP) is 4.68. The monoisotopic (exact) mass is 430 g/mol. The normalized spacial score (nSPS) is 10.5. The summed E-state index contributed by atoms with van der Waals surface area (Å²) >= 11 is 0. The number of benzene rings is 3. The van der Waals surface area contributed by atoms with Crippen LogP contribution in [0.2, 0.25) is 0 Å². The van der Waals surface area contributed by atoms with Crippen LogP contribution in [0, 0.1) is 20.8 Å². The Morgan fingerprint density at radius 2 is 1.53 bits per heavy atom. The zero-order valence-corrected chi connectivity index (χ0v) is 19.1. The highest BCUT2D eigenvalue weighted by molar-refractivity contribution is 5.95. The molecule has 0 spiro atoms. The Kier molecular flexibility index (Phi) is 7.66. The van der Waals surface area contributed by atoms with E-state index in [-0.39, 0.29) is 25.0 Å². The Morgan fingerprint density at radius 3 is 2.22 bits per heavy atom. The van der Waals surface area contributed by atoms with Crippen LogP contribution in [-0.2, 0) is 16.0 Å². The van der Waals surface area contributed by atoms with Crippen LogP contribution < -0.4 is 10.1 Å². The third kappa shape index (κ3) is 6.20. The van der Waals surface area contributed by atoms with Gasteiger partial charge in [-0.1, -0.05) is 66.2 Å². The number of nitrogens with one attached hydrogen (secondary N) is 1. The van der Waals surface area contributed by atoms with Gasteiger partial charge in [-0.25, -0.2) is 0 Å². The molecule has 5 heteroatoms. The highest BCUT2D eigenvalue weighted by atomic mass is 16.5. The molecule has 0 aliphatic heterocycles. The van der Waals surface area contributed by atoms with Gasteiger partial charge in [-0.3, -0.25) is 9.59 Å². The first kappa shape index (κ1) is 23.1. The number of aryl methyl sites for hydroxylation is 3. The van der Waals surface area contributed by atoms with Gasteiger partial charge in [-0.2, -0.15) is 0 Å². The van der Waals surface area contributed by atoms with E-state index in [0.717, 1.165) is 34.4 Å². The van der Waals surface area contributed by atoms with Gasteiger partial charge in [0.25, 0.3) is 5.91 Å². The fourth-order valence-corrected chi connectivity index (χ4v) is 3.72. The van der Waals surface area contributed by atoms with Crippen LogP contribution in [0.3, 0.4) is 0 Å². The summed E-state index contributed by atoms with van der Waals surface area (Å²) in [5, 5.41) is 2.93. The third-order valence-corrected chi connectivity index (χ3v) is 5.31. The number of nitrogens with zero attached hydrogens (tertiary/aromatic N) is 1. The molecule has 32 heavy (non-hydrogen) atoms. The molecule has 0 aliphatic carbocycles. The second kappa shape index (κ2) is 10.6. The molecule has 0 atom stereocenters. The fraction of sp³-hybridized carbons (Fsp3) is 0.259. The van der Waals surface area contributed by atoms with Crippen molar-refractivity contribution in [1.29, 1.82) is 0 Å². The first-order chi connectivity index (χ1) is 15.3. The van der Waals surface area contributed by atoms with E-state index in [4.69, 9.17) is 4.74 Å². The van der Waals surface area contributed by atoms with Crippen LogP contribution in [0.25, 0.3) is 0 Å². The van der Waals surface area contributed by atoms with Gasteiger partial charge < -0.3 is 15.0 Å². The lowest BCUT2D eigenvalue weighted by Crippen LogP contribution is -2.37. The number of carbonyl (C=O) groups excluding carboxylic acids is 2. The first-order valence-corrected chi connectivity index (χ1v) is 10.7. The average Bonchev–Trinajstić information content (AvgIpc) is 2.76. The van der Waals surface area contributed by atoms with Gasteiger partial charge in [0.2, 0.25) is 5.91 Å². The summed E-state index contributed by atoms with van der Waals surface area (Å²) in [6.07, 6.45) is 0.721. The summed E-state index contributed by atoms with van der Waals surface area (Å²) in [5.41, 5.74) is 6.14. The summed E-state index contributed by atoms with van der Waals surface area (Å²) in [6, 6.07) is 21.9. The number of para-hydroxylation sites is 1. The number of anilines is 1. The minimum atomic E-state index is -0.257. The molecule has 1 N–H and O–H groups in total. The molecule has 0 heterocycles. The fourth-order valence-electron chi connectivity index (χ4n) is 3.72. The molecule has 3 aromatic carbocycles. The van der Waals surface area contributed by atoms with Gasteiger partial charge in [-0.05, 0) is 49.1 Å². The minimum absolute atomic E-state index is 0.0411. The van der Waals surface area contributed by atoms with Crippen molar-refractivity contribution >= 4 is 17.5 Å². The van der Waals surface area contributed by atoms with Crippen LogP contribution in [0.15, 0.2) is 66.7 Å². The van der Waals surface area contributed by atoms with E-state index < -0.39 is 0 Å². The number of hydrogen-bond donors (Lipinski definition) is 1. The van der Waals surface area contributed by atoms with E-state index in [1.54, 1.807) is 7.05 Å². The van der Waals surface area contributed by atoms with Crippen molar-refractivity contribution in [1.82, 2.24) is 4.90 Å². The van der Waals surface area contributed by atoms with Crippen molar-refractivity contribution < 1.29 is 14.3 Å². The van der Waals surface area contributed by atoms with Crippen molar-refractivity contribution in [2.24, 2.45) is 0 Å². The number of ether oxygens (including phenoxy) is 1. The Hall–Kier alpha value is -3.60. The molecule has 3 aromatic rings. The van der Waals surface area contributed by atoms with E-state index in [2.05, 4.69) is 17.4 Å². The topological polar surface area (TPSA) is 58.6 Å². The molecule has 0 radical (unpaired) electrons. The molecule has 0 saturated heterocycles. The summed E-state index contributed by atoms with van der Waals surface area (Å²) in [7, 11) is 1.61. The van der Waals surface area contributed by atoms with Crippen LogP contribution >= 0.6 is 0 Å². The van der Waals surface area contributed by atoms with Crippen molar-refractivity contribution in [2.45, 2.75) is 27.2 Å². The molecule has 5 nitrogen and oxygen atoms in total. The van der Waals surface area contributed by atoms with Gasteiger partial charge >= 0.3 is 0 Å². The molecule has 0 unspecified atom stereocenters. The van der Waals surface area contributed by atoms with Crippen molar-refractivity contribution in [3.05, 3.63) is 94.5 Å². The summed E-state index contributed by atoms with van der Waals surface area (Å²) in [6.45, 7) is 5.78. The predicted molar refractivity (Wildman–Crippen MR) is 128 cm³/mol. The zero-order chi connectivity index (χ0) is 23.1. The Balaban J connectivity index is 1.56. The van der Waals surface area contributed by atoms with Crippen molar-refractivity contribution in [3.63, 3.8) is 0 Å². The Morgan fingerprint density at radius 1 is 0.906 bits per heavy atom. The second-order valence-corrected chi connectivity index (χ2v) is 8.13. The number of carbonyl (C=O) groups is 2. The largest absolute Gasteiger partial charge is 0.483 e. The molecule has 0 saturated carbocycles. The lowest BCUT2D eigenvalue weighted by molar-refractivity contribution is -0.135. The average molecular weight is 431 g/mol. The molecular formula is C27H30N2O3. The molecule has 166 valence electrons. The van der Waals surface area contributed by atoms with Crippen LogP contribution in [0.1, 0.15) is 27.8 Å². The molecule has 0 bridgehead atoms. The van der Waals surface area contributed by atoms with E-state index in [1.165, 1.54) is 10.5 Å². The van der Waals surface area contributed by atoms with Gasteiger partial charge in [0, 0.05) is 19.2 Å². The SMILES string of the molecule is Cc1cc(C)c(NC(=O)CN(C)C(=O)COc2ccccc2Cc2ccccc2)c(C)c1. The number of rotatable bonds is 8. The van der Waals surface area contributed by atoms with Crippen molar-refractivity contribution in [2.75, 3.05) is 25.5 Å². The molecule has 3 rings (SSSR count). The van der Waals surface area contributed by atoms with Gasteiger partial charge in [-0.15, -0.1) is 0 Å². The molecule has 0 aliphatic rings. The highest BCUT2D eigenvalue weighted by Gasteiger charge is 2.16. The number of amides is 2. The second-order valence-electron chi connectivity index (χ2n) is 8.13. The van der Waals surface area contributed by atoms with Gasteiger partial charge in [0.05, 0.1) is 6.54 Å². The quantitative estimate of drug-likeness (QED) is 0.565. The van der Waals surface area contributed by atoms with Gasteiger partial charge in [0.1, 0.15) is 5.75 Å². The molecule has 0 fully saturated rings. The molecule has 2 amide bonds. The Bertz CT molecular complexity index is 1070. The van der Waals surface area contributed by atoms with Crippen LogP contribution in [0.5, 0.6) is 5.75 Å². The van der Waals surface area contributed by atoms with E-state index in [0.29, 0.717) is 5.75 Å². The maximum absolute atomic E-state index is 12.6. The highest BCUT2D eigenvalue weighted by Crippen LogP contribution is 2.23. The maximum Gasteiger partial charge on any atom is 0.260 e. The van der Waals surface area contributed by atoms with Crippen molar-refractivity contribution in [3.8, 4) is 5.75 Å². The lowest BCUT2D eigenvalue weighted by Gasteiger charge is -2.19. The minimum Gasteiger partial charge on any atom is -0.483 e. The summed E-state index contributed by atoms with van der Waals surface area (Å²) in [5.74, 6) is 0.181. The number of likely N-dealkylation sites (N-methyl/N-ethyl adjacent to an activating group) is 1. The summed E-state index contributed by atoms with van der Waals surface area (Å²) in [4.78, 5) is 26.5. The smallest absolute Gasteiger partial charge is 0.260 e. The third-order valence-electron chi connectivity index (χ3n) is 5.31. The maximum atomic E-state index is 12.6. The zero-order valence-electron chi connectivity index (χ0n) is 19.1. The van der Waals surface area contributed by atoms with Crippen LogP contribution in [-0.4, -0.2) is 36.9 Å². The van der Waals surface area contributed by atoms with Crippen LogP contribution in [0.4, 0.5) is 5.69 Å².